The number of anilines is 1. The van der Waals surface area contributed by atoms with Gasteiger partial charge in [-0.1, -0.05) is 15.9 Å². The van der Waals surface area contributed by atoms with Crippen molar-refractivity contribution in [2.45, 2.75) is 26.4 Å². The van der Waals surface area contributed by atoms with Gasteiger partial charge in [0.15, 0.2) is 0 Å². The van der Waals surface area contributed by atoms with Crippen molar-refractivity contribution >= 4 is 50.3 Å². The van der Waals surface area contributed by atoms with Crippen molar-refractivity contribution in [3.8, 4) is 0 Å². The number of nitrogens with one attached hydrogen (secondary N) is 1. The van der Waals surface area contributed by atoms with Crippen LogP contribution in [0.3, 0.4) is 0 Å². The van der Waals surface area contributed by atoms with Crippen LogP contribution in [-0.2, 0) is 4.74 Å². The van der Waals surface area contributed by atoms with E-state index in [2.05, 4.69) is 43.8 Å². The van der Waals surface area contributed by atoms with Gasteiger partial charge in [-0.05, 0) is 61.6 Å². The maximum Gasteiger partial charge on any atom is 0.412 e. The number of carbonyl (C=O) groups excluding carboxylic acids is 1. The molecule has 1 N–H and O–H groups in total. The molecule has 0 bridgehead atoms. The van der Waals surface area contributed by atoms with Gasteiger partial charge in [-0.2, -0.15) is 0 Å². The first-order valence-electron chi connectivity index (χ1n) is 4.72. The zero-order chi connectivity index (χ0) is 12.3. The number of rotatable bonds is 1. The first-order valence-corrected chi connectivity index (χ1v) is 6.59. The van der Waals surface area contributed by atoms with E-state index in [1.165, 1.54) is 0 Å². The molecule has 5 heteroatoms. The van der Waals surface area contributed by atoms with Crippen molar-refractivity contribution in [1.29, 1.82) is 0 Å². The smallest absolute Gasteiger partial charge is 0.412 e. The molecule has 0 saturated carbocycles. The van der Waals surface area contributed by atoms with Gasteiger partial charge in [0.1, 0.15) is 5.60 Å². The van der Waals surface area contributed by atoms with Gasteiger partial charge in [-0.3, -0.25) is 5.32 Å². The van der Waals surface area contributed by atoms with E-state index in [0.717, 1.165) is 8.04 Å². The zero-order valence-electron chi connectivity index (χ0n) is 9.30. The molecule has 0 radical (unpaired) electrons. The molecule has 0 aliphatic heterocycles. The van der Waals surface area contributed by atoms with E-state index in [0.29, 0.717) is 5.69 Å². The van der Waals surface area contributed by atoms with E-state index >= 15 is 0 Å². The van der Waals surface area contributed by atoms with Gasteiger partial charge in [0.25, 0.3) is 0 Å². The van der Waals surface area contributed by atoms with Crippen LogP contribution >= 0.6 is 38.5 Å². The second-order valence-electron chi connectivity index (χ2n) is 4.29. The lowest BCUT2D eigenvalue weighted by molar-refractivity contribution is 0.0636. The summed E-state index contributed by atoms with van der Waals surface area (Å²) in [7, 11) is 0. The highest BCUT2D eigenvalue weighted by atomic mass is 127. The number of hydrogen-bond donors (Lipinski definition) is 1. The van der Waals surface area contributed by atoms with Gasteiger partial charge in [0.2, 0.25) is 0 Å². The van der Waals surface area contributed by atoms with Crippen LogP contribution in [0.2, 0.25) is 0 Å². The number of ether oxygens (including phenoxy) is 1. The van der Waals surface area contributed by atoms with E-state index < -0.39 is 11.7 Å². The van der Waals surface area contributed by atoms with Crippen LogP contribution in [0.5, 0.6) is 0 Å². The van der Waals surface area contributed by atoms with E-state index in [9.17, 15) is 4.79 Å². The number of hydrogen-bond acceptors (Lipinski definition) is 2. The molecule has 16 heavy (non-hydrogen) atoms. The molecule has 0 saturated heterocycles. The molecule has 0 heterocycles. The lowest BCUT2D eigenvalue weighted by Gasteiger charge is -2.19. The van der Waals surface area contributed by atoms with Crippen LogP contribution in [0.15, 0.2) is 22.7 Å². The molecule has 1 aromatic rings. The van der Waals surface area contributed by atoms with Crippen LogP contribution < -0.4 is 5.32 Å². The van der Waals surface area contributed by atoms with E-state index in [1.807, 2.05) is 39.0 Å². The fourth-order valence-corrected chi connectivity index (χ4v) is 2.64. The minimum absolute atomic E-state index is 0.443. The standard InChI is InChI=1S/C11H13BrINO2/c1-11(2,3)16-10(15)14-9-5-7(12)4-8(13)6-9/h4-6H,1-3H3,(H,14,15). The van der Waals surface area contributed by atoms with Gasteiger partial charge in [0, 0.05) is 13.7 Å². The summed E-state index contributed by atoms with van der Waals surface area (Å²) in [5.74, 6) is 0. The molecule has 0 aromatic heterocycles. The monoisotopic (exact) mass is 397 g/mol. The molecule has 3 nitrogen and oxygen atoms in total. The molecule has 0 fully saturated rings. The van der Waals surface area contributed by atoms with Gasteiger partial charge in [-0.25, -0.2) is 4.79 Å². The molecule has 0 aliphatic carbocycles. The summed E-state index contributed by atoms with van der Waals surface area (Å²) in [4.78, 5) is 11.5. The summed E-state index contributed by atoms with van der Waals surface area (Å²) in [5.41, 5.74) is 0.233. The van der Waals surface area contributed by atoms with Crippen molar-refractivity contribution in [3.05, 3.63) is 26.2 Å². The fourth-order valence-electron chi connectivity index (χ4n) is 1.05. The average Bonchev–Trinajstić information content (AvgIpc) is 1.96. The molecule has 0 atom stereocenters. The quantitative estimate of drug-likeness (QED) is 0.713. The van der Waals surface area contributed by atoms with Crippen LogP contribution in [0, 0.1) is 3.57 Å². The Morgan fingerprint density at radius 2 is 2.00 bits per heavy atom. The Hall–Kier alpha value is -0.300. The maximum absolute atomic E-state index is 11.5. The maximum atomic E-state index is 11.5. The molecule has 0 unspecified atom stereocenters. The Balaban J connectivity index is 2.70. The lowest BCUT2D eigenvalue weighted by Crippen LogP contribution is -2.27. The van der Waals surface area contributed by atoms with Crippen molar-refractivity contribution in [3.63, 3.8) is 0 Å². The molecular weight excluding hydrogens is 385 g/mol. The van der Waals surface area contributed by atoms with Crippen molar-refractivity contribution < 1.29 is 9.53 Å². The number of amides is 1. The molecule has 1 rings (SSSR count). The summed E-state index contributed by atoms with van der Waals surface area (Å²) in [5, 5.41) is 2.68. The highest BCUT2D eigenvalue weighted by Gasteiger charge is 2.16. The Bertz CT molecular complexity index is 381. The van der Waals surface area contributed by atoms with Crippen LogP contribution in [0.25, 0.3) is 0 Å². The molecule has 0 spiro atoms. The average molecular weight is 398 g/mol. The highest BCUT2D eigenvalue weighted by molar-refractivity contribution is 14.1. The second-order valence-corrected chi connectivity index (χ2v) is 6.45. The SMILES string of the molecule is CC(C)(C)OC(=O)Nc1cc(Br)cc(I)c1. The van der Waals surface area contributed by atoms with Gasteiger partial charge < -0.3 is 4.74 Å². The Kier molecular flexibility index (Phi) is 4.61. The summed E-state index contributed by atoms with van der Waals surface area (Å²) < 4.78 is 7.12. The summed E-state index contributed by atoms with van der Waals surface area (Å²) in [6.07, 6.45) is -0.443. The van der Waals surface area contributed by atoms with Crippen LogP contribution in [0.4, 0.5) is 10.5 Å². The predicted molar refractivity (Wildman–Crippen MR) is 76.7 cm³/mol. The molecule has 0 aliphatic rings. The van der Waals surface area contributed by atoms with Gasteiger partial charge in [0.05, 0.1) is 0 Å². The first-order chi connectivity index (χ1) is 7.26. The van der Waals surface area contributed by atoms with Gasteiger partial charge in [-0.15, -0.1) is 0 Å². The second kappa shape index (κ2) is 5.35. The van der Waals surface area contributed by atoms with E-state index in [1.54, 1.807) is 0 Å². The normalized spacial score (nSPS) is 11.1. The topological polar surface area (TPSA) is 38.3 Å². The Labute approximate surface area is 117 Å². The molecule has 88 valence electrons. The Morgan fingerprint density at radius 1 is 1.38 bits per heavy atom. The van der Waals surface area contributed by atoms with E-state index in [4.69, 9.17) is 4.74 Å². The van der Waals surface area contributed by atoms with Crippen molar-refractivity contribution in [2.75, 3.05) is 5.32 Å². The minimum atomic E-state index is -0.483. The molecule has 1 amide bonds. The van der Waals surface area contributed by atoms with Crippen LogP contribution in [0.1, 0.15) is 20.8 Å². The lowest BCUT2D eigenvalue weighted by atomic mass is 10.2. The van der Waals surface area contributed by atoms with Gasteiger partial charge >= 0.3 is 6.09 Å². The van der Waals surface area contributed by atoms with Crippen LogP contribution in [-0.4, -0.2) is 11.7 Å². The third kappa shape index (κ3) is 5.16. The first kappa shape index (κ1) is 13.8. The van der Waals surface area contributed by atoms with Crippen molar-refractivity contribution in [2.24, 2.45) is 0 Å². The van der Waals surface area contributed by atoms with Crippen molar-refractivity contribution in [1.82, 2.24) is 0 Å². The summed E-state index contributed by atoms with van der Waals surface area (Å²) >= 11 is 5.55. The fraction of sp³-hybridized carbons (Fsp3) is 0.364. The third-order valence-electron chi connectivity index (χ3n) is 1.51. The largest absolute Gasteiger partial charge is 0.444 e. The predicted octanol–water partition coefficient (Wildman–Crippen LogP) is 4.40. The Morgan fingerprint density at radius 3 is 2.50 bits per heavy atom. The zero-order valence-corrected chi connectivity index (χ0v) is 13.0. The van der Waals surface area contributed by atoms with E-state index in [-0.39, 0.29) is 0 Å². The third-order valence-corrected chi connectivity index (χ3v) is 2.59. The summed E-state index contributed by atoms with van der Waals surface area (Å²) in [6, 6.07) is 5.65. The molecular formula is C11H13BrINO2. The molecule has 1 aromatic carbocycles. The number of halogens is 2. The number of carbonyl (C=O) groups is 1. The summed E-state index contributed by atoms with van der Waals surface area (Å²) in [6.45, 7) is 5.49. The number of benzene rings is 1. The minimum Gasteiger partial charge on any atom is -0.444 e. The highest BCUT2D eigenvalue weighted by Crippen LogP contribution is 2.21.